The summed E-state index contributed by atoms with van der Waals surface area (Å²) < 4.78 is 5.63. The molecule has 1 fully saturated rings. The van der Waals surface area contributed by atoms with E-state index in [2.05, 4.69) is 5.32 Å². The number of piperidine rings is 1. The van der Waals surface area contributed by atoms with Gasteiger partial charge >= 0.3 is 0 Å². The van der Waals surface area contributed by atoms with Gasteiger partial charge in [0.05, 0.1) is 6.10 Å². The summed E-state index contributed by atoms with van der Waals surface area (Å²) in [5.41, 5.74) is 1.06. The summed E-state index contributed by atoms with van der Waals surface area (Å²) in [5.74, 6) is 0.162. The average Bonchev–Trinajstić information content (AvgIpc) is 2.39. The van der Waals surface area contributed by atoms with Gasteiger partial charge in [0.25, 0.3) is 0 Å². The first-order valence-electron chi connectivity index (χ1n) is 6.22. The Morgan fingerprint density at radius 1 is 1.24 bits per heavy atom. The van der Waals surface area contributed by atoms with E-state index in [4.69, 9.17) is 4.74 Å². The first-order chi connectivity index (χ1) is 8.34. The van der Waals surface area contributed by atoms with Crippen LogP contribution in [0.2, 0.25) is 0 Å². The fourth-order valence-corrected chi connectivity index (χ4v) is 2.05. The van der Waals surface area contributed by atoms with E-state index in [1.165, 1.54) is 0 Å². The predicted molar refractivity (Wildman–Crippen MR) is 67.0 cm³/mol. The summed E-state index contributed by atoms with van der Waals surface area (Å²) in [4.78, 5) is 11.7. The van der Waals surface area contributed by atoms with Gasteiger partial charge in [0, 0.05) is 6.42 Å². The highest BCUT2D eigenvalue weighted by Crippen LogP contribution is 2.07. The number of ether oxygens (including phenoxy) is 1. The van der Waals surface area contributed by atoms with Gasteiger partial charge in [0.2, 0.25) is 0 Å². The molecule has 1 aliphatic rings. The molecule has 3 heteroatoms. The van der Waals surface area contributed by atoms with Crippen LogP contribution in [0.25, 0.3) is 0 Å². The van der Waals surface area contributed by atoms with Gasteiger partial charge < -0.3 is 10.1 Å². The predicted octanol–water partition coefficient (Wildman–Crippen LogP) is 1.57. The van der Waals surface area contributed by atoms with Gasteiger partial charge in [0.1, 0.15) is 6.61 Å². The minimum Gasteiger partial charge on any atom is -0.370 e. The summed E-state index contributed by atoms with van der Waals surface area (Å²) in [6, 6.07) is 9.82. The van der Waals surface area contributed by atoms with Crippen LogP contribution >= 0.6 is 0 Å². The lowest BCUT2D eigenvalue weighted by molar-refractivity contribution is -0.125. The number of hydrogen-bond acceptors (Lipinski definition) is 3. The van der Waals surface area contributed by atoms with Crippen molar-refractivity contribution in [2.45, 2.75) is 25.4 Å². The van der Waals surface area contributed by atoms with Gasteiger partial charge in [-0.2, -0.15) is 0 Å². The first-order valence-corrected chi connectivity index (χ1v) is 6.22. The molecule has 92 valence electrons. The second kappa shape index (κ2) is 6.52. The molecule has 0 aromatic heterocycles. The van der Waals surface area contributed by atoms with Crippen molar-refractivity contribution in [3.05, 3.63) is 35.9 Å². The molecule has 1 aromatic rings. The van der Waals surface area contributed by atoms with E-state index in [0.717, 1.165) is 31.5 Å². The van der Waals surface area contributed by atoms with Crippen molar-refractivity contribution in [2.24, 2.45) is 0 Å². The summed E-state index contributed by atoms with van der Waals surface area (Å²) in [7, 11) is 0. The number of ketones is 1. The van der Waals surface area contributed by atoms with Gasteiger partial charge in [-0.3, -0.25) is 4.79 Å². The molecule has 1 N–H and O–H groups in total. The van der Waals surface area contributed by atoms with E-state index in [-0.39, 0.29) is 18.5 Å². The Kier molecular flexibility index (Phi) is 4.71. The number of benzene rings is 1. The summed E-state index contributed by atoms with van der Waals surface area (Å²) in [6.07, 6.45) is 2.76. The smallest absolute Gasteiger partial charge is 0.162 e. The molecular formula is C14H19NO2. The van der Waals surface area contributed by atoms with Crippen molar-refractivity contribution < 1.29 is 9.53 Å². The van der Waals surface area contributed by atoms with Crippen LogP contribution in [0.1, 0.15) is 18.4 Å². The lowest BCUT2D eigenvalue weighted by atomic mass is 10.1. The number of Topliss-reactive ketones (excluding diaryl/α,β-unsaturated/α-hetero) is 1. The third-order valence-electron chi connectivity index (χ3n) is 3.01. The Morgan fingerprint density at radius 2 is 1.94 bits per heavy atom. The molecule has 0 bridgehead atoms. The van der Waals surface area contributed by atoms with E-state index < -0.39 is 0 Å². The van der Waals surface area contributed by atoms with E-state index in [1.807, 2.05) is 30.3 Å². The van der Waals surface area contributed by atoms with E-state index in [1.54, 1.807) is 0 Å². The molecule has 0 unspecified atom stereocenters. The molecule has 1 aliphatic heterocycles. The van der Waals surface area contributed by atoms with Crippen LogP contribution in [0.3, 0.4) is 0 Å². The number of carbonyl (C=O) groups is 1. The molecule has 0 saturated carbocycles. The fourth-order valence-electron chi connectivity index (χ4n) is 2.05. The second-order valence-corrected chi connectivity index (χ2v) is 4.46. The van der Waals surface area contributed by atoms with Crippen LogP contribution in [-0.4, -0.2) is 31.6 Å². The molecule has 1 saturated heterocycles. The van der Waals surface area contributed by atoms with E-state index in [9.17, 15) is 4.79 Å². The minimum absolute atomic E-state index is 0.162. The Balaban J connectivity index is 1.70. The molecule has 1 heterocycles. The molecule has 1 aromatic carbocycles. The largest absolute Gasteiger partial charge is 0.370 e. The van der Waals surface area contributed by atoms with Gasteiger partial charge in [-0.25, -0.2) is 0 Å². The van der Waals surface area contributed by atoms with Crippen molar-refractivity contribution in [1.82, 2.24) is 5.32 Å². The maximum atomic E-state index is 11.7. The van der Waals surface area contributed by atoms with Gasteiger partial charge in [-0.15, -0.1) is 0 Å². The Hall–Kier alpha value is -1.19. The van der Waals surface area contributed by atoms with Crippen LogP contribution in [0.5, 0.6) is 0 Å². The van der Waals surface area contributed by atoms with Crippen molar-refractivity contribution >= 4 is 5.78 Å². The van der Waals surface area contributed by atoms with Crippen molar-refractivity contribution in [3.63, 3.8) is 0 Å². The van der Waals surface area contributed by atoms with Crippen LogP contribution in [-0.2, 0) is 16.0 Å². The molecule has 0 spiro atoms. The third kappa shape index (κ3) is 4.29. The molecule has 0 aliphatic carbocycles. The first kappa shape index (κ1) is 12.3. The Bertz CT molecular complexity index is 344. The van der Waals surface area contributed by atoms with Crippen LogP contribution in [0, 0.1) is 0 Å². The van der Waals surface area contributed by atoms with Crippen molar-refractivity contribution in [3.8, 4) is 0 Å². The Labute approximate surface area is 102 Å². The molecule has 0 radical (unpaired) electrons. The molecular weight excluding hydrogens is 214 g/mol. The third-order valence-corrected chi connectivity index (χ3v) is 3.01. The standard InChI is InChI=1S/C14H19NO2/c16-13(10-12-4-2-1-3-5-12)11-17-14-6-8-15-9-7-14/h1-5,14-15H,6-11H2. The molecule has 0 amide bonds. The second-order valence-electron chi connectivity index (χ2n) is 4.46. The summed E-state index contributed by atoms with van der Waals surface area (Å²) in [5, 5.41) is 3.28. The van der Waals surface area contributed by atoms with Crippen LogP contribution in [0.4, 0.5) is 0 Å². The monoisotopic (exact) mass is 233 g/mol. The van der Waals surface area contributed by atoms with Gasteiger partial charge in [-0.1, -0.05) is 30.3 Å². The average molecular weight is 233 g/mol. The SMILES string of the molecule is O=C(COC1CCNCC1)Cc1ccccc1. The molecule has 2 rings (SSSR count). The fraction of sp³-hybridized carbons (Fsp3) is 0.500. The lowest BCUT2D eigenvalue weighted by Gasteiger charge is -2.22. The van der Waals surface area contributed by atoms with Gasteiger partial charge in [-0.05, 0) is 31.5 Å². The maximum absolute atomic E-state index is 11.7. The van der Waals surface area contributed by atoms with Crippen molar-refractivity contribution in [1.29, 1.82) is 0 Å². The zero-order valence-corrected chi connectivity index (χ0v) is 10.0. The zero-order valence-electron chi connectivity index (χ0n) is 10.0. The zero-order chi connectivity index (χ0) is 11.9. The van der Waals surface area contributed by atoms with Gasteiger partial charge in [0.15, 0.2) is 5.78 Å². The highest BCUT2D eigenvalue weighted by Gasteiger charge is 2.14. The number of nitrogens with one attached hydrogen (secondary N) is 1. The topological polar surface area (TPSA) is 38.3 Å². The van der Waals surface area contributed by atoms with Crippen LogP contribution < -0.4 is 5.32 Å². The van der Waals surface area contributed by atoms with Crippen LogP contribution in [0.15, 0.2) is 30.3 Å². The molecule has 0 atom stereocenters. The van der Waals surface area contributed by atoms with E-state index in [0.29, 0.717) is 6.42 Å². The molecule has 17 heavy (non-hydrogen) atoms. The number of hydrogen-bond donors (Lipinski definition) is 1. The highest BCUT2D eigenvalue weighted by atomic mass is 16.5. The lowest BCUT2D eigenvalue weighted by Crippen LogP contribution is -2.33. The molecule has 3 nitrogen and oxygen atoms in total. The normalized spacial score (nSPS) is 16.9. The van der Waals surface area contributed by atoms with Crippen molar-refractivity contribution in [2.75, 3.05) is 19.7 Å². The van der Waals surface area contributed by atoms with E-state index >= 15 is 0 Å². The summed E-state index contributed by atoms with van der Waals surface area (Å²) >= 11 is 0. The maximum Gasteiger partial charge on any atom is 0.162 e. The Morgan fingerprint density at radius 3 is 2.65 bits per heavy atom. The highest BCUT2D eigenvalue weighted by molar-refractivity contribution is 5.82. The number of carbonyl (C=O) groups excluding carboxylic acids is 1. The summed E-state index contributed by atoms with van der Waals surface area (Å²) in [6.45, 7) is 2.24. The minimum atomic E-state index is 0.162. The quantitative estimate of drug-likeness (QED) is 0.839. The number of rotatable bonds is 5.